The Kier molecular flexibility index (Phi) is 8.08. The lowest BCUT2D eigenvalue weighted by Gasteiger charge is -2.23. The van der Waals surface area contributed by atoms with Gasteiger partial charge in [-0.25, -0.2) is 24.4 Å². The van der Waals surface area contributed by atoms with Crippen LogP contribution in [-0.2, 0) is 15.1 Å². The first-order chi connectivity index (χ1) is 18.7. The van der Waals surface area contributed by atoms with E-state index >= 15 is 0 Å². The summed E-state index contributed by atoms with van der Waals surface area (Å²) in [5, 5.41) is 11.2. The first-order valence-electron chi connectivity index (χ1n) is 12.7. The third-order valence-electron chi connectivity index (χ3n) is 6.52. The molecule has 1 atom stereocenters. The molecular formula is C28H33N7O4. The average molecular weight is 532 g/mol. The number of carbonyl (C=O) groups excluding carboxylic acids is 2. The summed E-state index contributed by atoms with van der Waals surface area (Å²) in [4.78, 5) is 37.8. The SMILES string of the molecule is CCOC(=O)C(C)(C)n1ncc2cc(-c3cc(NCC(C)c4ccc(C(=O)NC)cc4OC)ncn3)cnc21. The van der Waals surface area contributed by atoms with Gasteiger partial charge in [-0.2, -0.15) is 5.10 Å². The van der Waals surface area contributed by atoms with Crippen LogP contribution in [0.4, 0.5) is 5.82 Å². The number of pyridine rings is 1. The average Bonchev–Trinajstić information content (AvgIpc) is 3.39. The van der Waals surface area contributed by atoms with Crippen molar-refractivity contribution < 1.29 is 19.1 Å². The third-order valence-corrected chi connectivity index (χ3v) is 6.52. The molecule has 3 aromatic heterocycles. The number of esters is 1. The standard InChI is InChI=1S/C28H33N7O4/c1-7-39-27(37)28(3,4)35-25-20(15-34-35)10-19(14-31-25)22-12-24(33-16-32-22)30-13-17(2)21-9-8-18(26(36)29-5)11-23(21)38-6/h8-12,14-17H,7,13H2,1-6H3,(H,29,36)(H,30,32,33). The van der Waals surface area contributed by atoms with Gasteiger partial charge in [0.15, 0.2) is 11.2 Å². The number of aromatic nitrogens is 5. The highest BCUT2D eigenvalue weighted by atomic mass is 16.5. The predicted molar refractivity (Wildman–Crippen MR) is 148 cm³/mol. The number of hydrogen-bond donors (Lipinski definition) is 2. The molecule has 1 unspecified atom stereocenters. The zero-order valence-corrected chi connectivity index (χ0v) is 23.0. The number of rotatable bonds is 10. The fraction of sp³-hybridized carbons (Fsp3) is 0.357. The molecule has 11 nitrogen and oxygen atoms in total. The van der Waals surface area contributed by atoms with Gasteiger partial charge in [0.2, 0.25) is 0 Å². The van der Waals surface area contributed by atoms with Gasteiger partial charge in [-0.1, -0.05) is 13.0 Å². The van der Waals surface area contributed by atoms with E-state index in [4.69, 9.17) is 9.47 Å². The van der Waals surface area contributed by atoms with Crippen LogP contribution in [0.25, 0.3) is 22.3 Å². The van der Waals surface area contributed by atoms with Crippen molar-refractivity contribution in [3.05, 3.63) is 60.2 Å². The van der Waals surface area contributed by atoms with Gasteiger partial charge in [0.25, 0.3) is 5.91 Å². The predicted octanol–water partition coefficient (Wildman–Crippen LogP) is 3.77. The van der Waals surface area contributed by atoms with Gasteiger partial charge in [0, 0.05) is 48.3 Å². The highest BCUT2D eigenvalue weighted by Gasteiger charge is 2.34. The maximum absolute atomic E-state index is 12.5. The Morgan fingerprint density at radius 1 is 1.10 bits per heavy atom. The van der Waals surface area contributed by atoms with E-state index in [0.717, 1.165) is 16.5 Å². The molecule has 0 aliphatic rings. The smallest absolute Gasteiger partial charge is 0.333 e. The zero-order chi connectivity index (χ0) is 28.2. The second kappa shape index (κ2) is 11.5. The minimum atomic E-state index is -1.000. The van der Waals surface area contributed by atoms with Crippen LogP contribution >= 0.6 is 0 Å². The van der Waals surface area contributed by atoms with E-state index in [-0.39, 0.29) is 17.8 Å². The summed E-state index contributed by atoms with van der Waals surface area (Å²) < 4.78 is 12.3. The summed E-state index contributed by atoms with van der Waals surface area (Å²) in [6.07, 6.45) is 4.88. The van der Waals surface area contributed by atoms with E-state index in [0.29, 0.717) is 41.6 Å². The molecule has 0 saturated carbocycles. The van der Waals surface area contributed by atoms with Crippen LogP contribution in [0.15, 0.2) is 49.1 Å². The highest BCUT2D eigenvalue weighted by molar-refractivity contribution is 5.94. The Hall–Kier alpha value is -4.54. The number of fused-ring (bicyclic) bond motifs is 1. The number of methoxy groups -OCH3 is 1. The van der Waals surface area contributed by atoms with E-state index < -0.39 is 5.54 Å². The molecule has 11 heteroatoms. The highest BCUT2D eigenvalue weighted by Crippen LogP contribution is 2.29. The Morgan fingerprint density at radius 2 is 1.90 bits per heavy atom. The van der Waals surface area contributed by atoms with Crippen LogP contribution in [0.1, 0.15) is 49.5 Å². The summed E-state index contributed by atoms with van der Waals surface area (Å²) in [6, 6.07) is 9.22. The molecule has 0 bridgehead atoms. The summed E-state index contributed by atoms with van der Waals surface area (Å²) in [6.45, 7) is 8.22. The largest absolute Gasteiger partial charge is 0.496 e. The monoisotopic (exact) mass is 531 g/mol. The van der Waals surface area contributed by atoms with Crippen LogP contribution in [0.3, 0.4) is 0 Å². The molecule has 2 N–H and O–H groups in total. The molecule has 1 amide bonds. The summed E-state index contributed by atoms with van der Waals surface area (Å²) >= 11 is 0. The van der Waals surface area contributed by atoms with E-state index in [9.17, 15) is 9.59 Å². The molecule has 0 aliphatic carbocycles. The number of ether oxygens (including phenoxy) is 2. The van der Waals surface area contributed by atoms with Gasteiger partial charge in [-0.15, -0.1) is 0 Å². The maximum Gasteiger partial charge on any atom is 0.333 e. The number of anilines is 1. The summed E-state index contributed by atoms with van der Waals surface area (Å²) in [5.41, 5.74) is 2.58. The molecule has 0 spiro atoms. The van der Waals surface area contributed by atoms with Crippen LogP contribution in [0.5, 0.6) is 5.75 Å². The van der Waals surface area contributed by atoms with Crippen molar-refractivity contribution in [3.8, 4) is 17.0 Å². The molecule has 1 aromatic carbocycles. The lowest BCUT2D eigenvalue weighted by Crippen LogP contribution is -2.38. The topological polar surface area (TPSA) is 133 Å². The minimum absolute atomic E-state index is 0.0729. The number of hydrogen-bond acceptors (Lipinski definition) is 9. The van der Waals surface area contributed by atoms with Crippen LogP contribution in [0, 0.1) is 0 Å². The van der Waals surface area contributed by atoms with Gasteiger partial charge in [0.05, 0.1) is 25.6 Å². The zero-order valence-electron chi connectivity index (χ0n) is 23.0. The van der Waals surface area contributed by atoms with Gasteiger partial charge < -0.3 is 20.1 Å². The normalized spacial score (nSPS) is 12.2. The van der Waals surface area contributed by atoms with Crippen molar-refractivity contribution in [1.29, 1.82) is 0 Å². The van der Waals surface area contributed by atoms with Crippen molar-refractivity contribution in [2.45, 2.75) is 39.2 Å². The van der Waals surface area contributed by atoms with Gasteiger partial charge in [0.1, 0.15) is 17.9 Å². The molecular weight excluding hydrogens is 498 g/mol. The number of carbonyl (C=O) groups is 2. The molecule has 3 heterocycles. The first-order valence-corrected chi connectivity index (χ1v) is 12.7. The van der Waals surface area contributed by atoms with Crippen molar-refractivity contribution in [2.24, 2.45) is 0 Å². The van der Waals surface area contributed by atoms with Crippen LogP contribution in [-0.4, -0.2) is 63.9 Å². The Balaban J connectivity index is 1.51. The van der Waals surface area contributed by atoms with Crippen molar-refractivity contribution in [3.63, 3.8) is 0 Å². The lowest BCUT2D eigenvalue weighted by molar-refractivity contribution is -0.152. The Labute approximate surface area is 227 Å². The second-order valence-corrected chi connectivity index (χ2v) is 9.58. The van der Waals surface area contributed by atoms with Gasteiger partial charge in [-0.05, 0) is 44.5 Å². The Morgan fingerprint density at radius 3 is 2.62 bits per heavy atom. The quantitative estimate of drug-likeness (QED) is 0.293. The molecule has 4 aromatic rings. The fourth-order valence-corrected chi connectivity index (χ4v) is 4.25. The van der Waals surface area contributed by atoms with Crippen molar-refractivity contribution in [2.75, 3.05) is 32.6 Å². The second-order valence-electron chi connectivity index (χ2n) is 9.58. The van der Waals surface area contributed by atoms with E-state index in [1.165, 1.54) is 6.33 Å². The lowest BCUT2D eigenvalue weighted by atomic mass is 9.98. The molecule has 4 rings (SSSR count). The maximum atomic E-state index is 12.5. The fourth-order valence-electron chi connectivity index (χ4n) is 4.25. The van der Waals surface area contributed by atoms with E-state index in [2.05, 4.69) is 37.6 Å². The first kappa shape index (κ1) is 27.5. The third kappa shape index (κ3) is 5.66. The van der Waals surface area contributed by atoms with Gasteiger partial charge in [-0.3, -0.25) is 4.79 Å². The van der Waals surface area contributed by atoms with Crippen molar-refractivity contribution >= 4 is 28.7 Å². The molecule has 39 heavy (non-hydrogen) atoms. The molecule has 0 fully saturated rings. The Bertz CT molecular complexity index is 1500. The molecule has 0 saturated heterocycles. The van der Waals surface area contributed by atoms with Crippen LogP contribution < -0.4 is 15.4 Å². The number of nitrogens with zero attached hydrogens (tertiary/aromatic N) is 5. The minimum Gasteiger partial charge on any atom is -0.496 e. The number of benzene rings is 1. The number of nitrogens with one attached hydrogen (secondary N) is 2. The number of amides is 1. The van der Waals surface area contributed by atoms with Crippen LogP contribution in [0.2, 0.25) is 0 Å². The summed E-state index contributed by atoms with van der Waals surface area (Å²) in [5.74, 6) is 0.846. The van der Waals surface area contributed by atoms with Crippen molar-refractivity contribution in [1.82, 2.24) is 30.0 Å². The van der Waals surface area contributed by atoms with Gasteiger partial charge >= 0.3 is 5.97 Å². The molecule has 0 radical (unpaired) electrons. The van der Waals surface area contributed by atoms with E-state index in [1.54, 1.807) is 64.1 Å². The van der Waals surface area contributed by atoms with E-state index in [1.807, 2.05) is 18.2 Å². The molecule has 204 valence electrons. The molecule has 0 aliphatic heterocycles. The summed E-state index contributed by atoms with van der Waals surface area (Å²) in [7, 11) is 3.19.